The van der Waals surface area contributed by atoms with Crippen molar-refractivity contribution in [1.82, 2.24) is 0 Å². The molecule has 1 unspecified atom stereocenters. The first-order valence-electron chi connectivity index (χ1n) is 4.56. The van der Waals surface area contributed by atoms with Crippen molar-refractivity contribution in [2.45, 2.75) is 24.3 Å². The summed E-state index contributed by atoms with van der Waals surface area (Å²) in [6.45, 7) is -0.259. The van der Waals surface area contributed by atoms with E-state index in [1.54, 1.807) is 0 Å². The van der Waals surface area contributed by atoms with Crippen LogP contribution in [0.1, 0.15) is 0 Å². The Hall–Kier alpha value is 0.0549. The molecule has 92 valence electrons. The largest absolute Gasteiger partial charge is 0.474 e. The van der Waals surface area contributed by atoms with Gasteiger partial charge in [-0.05, 0) is 0 Å². The minimum absolute atomic E-state index is 0.259. The molecule has 7 nitrogen and oxygen atoms in total. The first-order valence-corrected chi connectivity index (χ1v) is 6.03. The maximum atomic E-state index is 11.5. The predicted octanol–water partition coefficient (Wildman–Crippen LogP) is -0.981. The van der Waals surface area contributed by atoms with Gasteiger partial charge in [0.2, 0.25) is 0 Å². The second kappa shape index (κ2) is 5.60. The van der Waals surface area contributed by atoms with Crippen LogP contribution in [0, 0.1) is 0 Å². The molecule has 0 bridgehead atoms. The van der Waals surface area contributed by atoms with E-state index in [0.717, 1.165) is 14.2 Å². The Morgan fingerprint density at radius 1 is 1.31 bits per heavy atom. The van der Waals surface area contributed by atoms with Crippen LogP contribution >= 0.6 is 7.82 Å². The average molecular weight is 252 g/mol. The van der Waals surface area contributed by atoms with Gasteiger partial charge in [-0.1, -0.05) is 0 Å². The minimum Gasteiger partial charge on any atom is -0.388 e. The Labute approximate surface area is 94.7 Å². The number of rotatable bonds is 5. The van der Waals surface area contributed by atoms with Crippen molar-refractivity contribution in [2.75, 3.05) is 20.8 Å². The number of phosphoric acid groups is 1. The third-order valence-corrected chi connectivity index (χ3v) is 3.60. The summed E-state index contributed by atoms with van der Waals surface area (Å²) in [6.07, 6.45) is -3.26. The summed E-state index contributed by atoms with van der Waals surface area (Å²) in [4.78, 5) is 0. The Bertz CT molecular complexity index is 267. The molecular formula is C7H14BO7P. The van der Waals surface area contributed by atoms with Gasteiger partial charge in [0.15, 0.2) is 0 Å². The van der Waals surface area contributed by atoms with Crippen LogP contribution in [0.5, 0.6) is 0 Å². The fourth-order valence-corrected chi connectivity index (χ4v) is 1.95. The fraction of sp³-hybridized carbons (Fsp3) is 1.00. The highest BCUT2D eigenvalue weighted by Gasteiger charge is 2.41. The molecule has 0 aliphatic carbocycles. The molecule has 1 aliphatic heterocycles. The number of hydrogen-bond donors (Lipinski definition) is 2. The molecule has 1 rings (SSSR count). The zero-order valence-electron chi connectivity index (χ0n) is 8.98. The normalized spacial score (nSPS) is 35.5. The molecule has 1 saturated heterocycles. The van der Waals surface area contributed by atoms with Gasteiger partial charge in [-0.15, -0.1) is 0 Å². The Morgan fingerprint density at radius 3 is 2.25 bits per heavy atom. The second-order valence-electron chi connectivity index (χ2n) is 3.23. The van der Waals surface area contributed by atoms with Gasteiger partial charge in [-0.3, -0.25) is 13.6 Å². The lowest BCUT2D eigenvalue weighted by molar-refractivity contribution is -0.0113. The highest BCUT2D eigenvalue weighted by molar-refractivity contribution is 7.48. The van der Waals surface area contributed by atoms with Crippen molar-refractivity contribution >= 4 is 15.7 Å². The molecule has 2 radical (unpaired) electrons. The van der Waals surface area contributed by atoms with Crippen LogP contribution in [0.25, 0.3) is 0 Å². The highest BCUT2D eigenvalue weighted by Crippen LogP contribution is 2.47. The molecule has 0 aromatic carbocycles. The molecule has 1 aliphatic rings. The first kappa shape index (κ1) is 14.1. The number of ether oxygens (including phenoxy) is 1. The van der Waals surface area contributed by atoms with Gasteiger partial charge in [-0.25, -0.2) is 4.57 Å². The SMILES string of the molecule is [B][C@@H]1O[C@H](COP(=O)(OC)OC)[C@H](O)C1O. The van der Waals surface area contributed by atoms with E-state index in [2.05, 4.69) is 9.05 Å². The summed E-state index contributed by atoms with van der Waals surface area (Å²) in [5.41, 5.74) is 0. The van der Waals surface area contributed by atoms with Crippen LogP contribution in [-0.2, 0) is 22.9 Å². The van der Waals surface area contributed by atoms with Crippen LogP contribution in [0.3, 0.4) is 0 Å². The van der Waals surface area contributed by atoms with Gasteiger partial charge >= 0.3 is 7.82 Å². The Morgan fingerprint density at radius 2 is 1.88 bits per heavy atom. The summed E-state index contributed by atoms with van der Waals surface area (Å²) >= 11 is 0. The highest BCUT2D eigenvalue weighted by atomic mass is 31.2. The Kier molecular flexibility index (Phi) is 4.94. The van der Waals surface area contributed by atoms with E-state index in [1.807, 2.05) is 0 Å². The van der Waals surface area contributed by atoms with E-state index in [0.29, 0.717) is 0 Å². The molecule has 1 fully saturated rings. The topological polar surface area (TPSA) is 94.5 Å². The lowest BCUT2D eigenvalue weighted by Crippen LogP contribution is -2.34. The van der Waals surface area contributed by atoms with Gasteiger partial charge < -0.3 is 14.9 Å². The molecule has 4 atom stereocenters. The molecule has 2 N–H and O–H groups in total. The van der Waals surface area contributed by atoms with Gasteiger partial charge in [0, 0.05) is 20.2 Å². The van der Waals surface area contributed by atoms with Crippen molar-refractivity contribution in [1.29, 1.82) is 0 Å². The zero-order chi connectivity index (χ0) is 12.3. The summed E-state index contributed by atoms with van der Waals surface area (Å²) in [5, 5.41) is 18.8. The standard InChI is InChI=1S/C7H14BO7P/c1-12-16(11,13-2)14-3-4-5(9)6(10)7(8)15-4/h4-7,9-10H,3H2,1-2H3/t4-,5+,6?,7-/m1/s1. The van der Waals surface area contributed by atoms with Crippen LogP contribution < -0.4 is 0 Å². The molecule has 0 amide bonds. The van der Waals surface area contributed by atoms with Crippen molar-refractivity contribution in [3.63, 3.8) is 0 Å². The zero-order valence-corrected chi connectivity index (χ0v) is 9.87. The summed E-state index contributed by atoms with van der Waals surface area (Å²) in [6, 6.07) is -0.993. The van der Waals surface area contributed by atoms with Gasteiger partial charge in [0.25, 0.3) is 0 Å². The minimum atomic E-state index is -3.61. The first-order chi connectivity index (χ1) is 7.43. The number of hydrogen-bond acceptors (Lipinski definition) is 7. The van der Waals surface area contributed by atoms with E-state index in [-0.39, 0.29) is 6.61 Å². The predicted molar refractivity (Wildman–Crippen MR) is 54.0 cm³/mol. The van der Waals surface area contributed by atoms with E-state index in [1.165, 1.54) is 0 Å². The van der Waals surface area contributed by atoms with E-state index in [4.69, 9.17) is 17.1 Å². The molecule has 1 heterocycles. The van der Waals surface area contributed by atoms with Crippen molar-refractivity contribution < 1.29 is 33.1 Å². The van der Waals surface area contributed by atoms with Crippen molar-refractivity contribution in [3.05, 3.63) is 0 Å². The molecule has 16 heavy (non-hydrogen) atoms. The van der Waals surface area contributed by atoms with Crippen LogP contribution in [-0.4, -0.2) is 63.2 Å². The summed E-state index contributed by atoms with van der Waals surface area (Å²) < 4.78 is 30.3. The van der Waals surface area contributed by atoms with Gasteiger partial charge in [0.1, 0.15) is 20.1 Å². The third-order valence-electron chi connectivity index (χ3n) is 2.24. The monoisotopic (exact) mass is 252 g/mol. The average Bonchev–Trinajstić information content (AvgIpc) is 2.54. The molecule has 0 aromatic heterocycles. The second-order valence-corrected chi connectivity index (χ2v) is 5.11. The van der Waals surface area contributed by atoms with Gasteiger partial charge in [-0.2, -0.15) is 0 Å². The molecule has 0 aromatic rings. The quantitative estimate of drug-likeness (QED) is 0.479. The van der Waals surface area contributed by atoms with Gasteiger partial charge in [0.05, 0.1) is 12.7 Å². The fourth-order valence-electron chi connectivity index (χ4n) is 1.26. The lowest BCUT2D eigenvalue weighted by atomic mass is 9.93. The van der Waals surface area contributed by atoms with E-state index in [9.17, 15) is 14.8 Å². The summed E-state index contributed by atoms with van der Waals surface area (Å²) in [5.74, 6) is 0. The van der Waals surface area contributed by atoms with Crippen molar-refractivity contribution in [2.24, 2.45) is 0 Å². The molecule has 0 saturated carbocycles. The van der Waals surface area contributed by atoms with Crippen molar-refractivity contribution in [3.8, 4) is 0 Å². The van der Waals surface area contributed by atoms with E-state index < -0.39 is 32.1 Å². The van der Waals surface area contributed by atoms with Crippen LogP contribution in [0.15, 0.2) is 0 Å². The number of aliphatic hydroxyl groups is 2. The maximum absolute atomic E-state index is 11.5. The molecule has 0 spiro atoms. The van der Waals surface area contributed by atoms with Crippen LogP contribution in [0.4, 0.5) is 0 Å². The Balaban J connectivity index is 2.48. The smallest absolute Gasteiger partial charge is 0.388 e. The maximum Gasteiger partial charge on any atom is 0.474 e. The number of phosphoric ester groups is 1. The molecule has 9 heteroatoms. The molecular weight excluding hydrogens is 238 g/mol. The van der Waals surface area contributed by atoms with Crippen LogP contribution in [0.2, 0.25) is 0 Å². The third kappa shape index (κ3) is 3.04. The van der Waals surface area contributed by atoms with E-state index >= 15 is 0 Å². The summed E-state index contributed by atoms with van der Waals surface area (Å²) in [7, 11) is 4.06. The lowest BCUT2D eigenvalue weighted by Gasteiger charge is -2.18. The number of aliphatic hydroxyl groups excluding tert-OH is 2.